The monoisotopic (exact) mass is 402 g/mol. The summed E-state index contributed by atoms with van der Waals surface area (Å²) in [4.78, 5) is 27.9. The average Bonchev–Trinajstić information content (AvgIpc) is 2.79. The van der Waals surface area contributed by atoms with Gasteiger partial charge in [0.2, 0.25) is 0 Å². The van der Waals surface area contributed by atoms with Crippen molar-refractivity contribution in [2.45, 2.75) is 19.9 Å². The number of hydrogen-bond donors (Lipinski definition) is 0. The molecule has 0 aliphatic carbocycles. The highest BCUT2D eigenvalue weighted by molar-refractivity contribution is 9.10. The summed E-state index contributed by atoms with van der Waals surface area (Å²) in [6.07, 6.45) is 0. The van der Waals surface area contributed by atoms with Crippen LogP contribution in [0.2, 0.25) is 0 Å². The van der Waals surface area contributed by atoms with Crippen LogP contribution in [-0.2, 0) is 4.79 Å². The highest BCUT2D eigenvalue weighted by Crippen LogP contribution is 2.26. The number of nitrogens with zero attached hydrogens (tertiary/aromatic N) is 2. The molecule has 0 radical (unpaired) electrons. The molecule has 25 heavy (non-hydrogen) atoms. The number of aryl methyl sites for hydroxylation is 1. The SMILES string of the molecule is Cc1ccc(N2C(=O)N(CCOc3cccc(Br)c3)C(=O)[C@@H]2C)cc1. The normalized spacial score (nSPS) is 17.3. The Labute approximate surface area is 155 Å². The largest absolute Gasteiger partial charge is 0.492 e. The number of imide groups is 1. The van der Waals surface area contributed by atoms with Gasteiger partial charge in [0, 0.05) is 10.2 Å². The Morgan fingerprint density at radius 1 is 1.12 bits per heavy atom. The van der Waals surface area contributed by atoms with Crippen molar-refractivity contribution in [1.29, 1.82) is 0 Å². The van der Waals surface area contributed by atoms with Crippen molar-refractivity contribution in [3.8, 4) is 5.75 Å². The minimum atomic E-state index is -0.513. The number of ether oxygens (including phenoxy) is 1. The quantitative estimate of drug-likeness (QED) is 0.710. The van der Waals surface area contributed by atoms with Gasteiger partial charge in [-0.15, -0.1) is 0 Å². The number of amides is 3. The van der Waals surface area contributed by atoms with Gasteiger partial charge in [0.05, 0.1) is 6.54 Å². The molecule has 0 saturated carbocycles. The maximum Gasteiger partial charge on any atom is 0.332 e. The highest BCUT2D eigenvalue weighted by Gasteiger charge is 2.43. The molecule has 3 amide bonds. The van der Waals surface area contributed by atoms with Crippen LogP contribution < -0.4 is 9.64 Å². The van der Waals surface area contributed by atoms with Gasteiger partial charge in [-0.3, -0.25) is 14.6 Å². The fraction of sp³-hybridized carbons (Fsp3) is 0.263. The molecule has 130 valence electrons. The lowest BCUT2D eigenvalue weighted by molar-refractivity contribution is -0.127. The molecule has 2 aromatic carbocycles. The molecule has 6 heteroatoms. The van der Waals surface area contributed by atoms with Gasteiger partial charge in [-0.05, 0) is 44.2 Å². The summed E-state index contributed by atoms with van der Waals surface area (Å²) < 4.78 is 6.56. The van der Waals surface area contributed by atoms with Crippen molar-refractivity contribution in [2.24, 2.45) is 0 Å². The minimum Gasteiger partial charge on any atom is -0.492 e. The summed E-state index contributed by atoms with van der Waals surface area (Å²) in [5.74, 6) is 0.486. The van der Waals surface area contributed by atoms with Crippen molar-refractivity contribution < 1.29 is 14.3 Å². The van der Waals surface area contributed by atoms with E-state index < -0.39 is 6.04 Å². The van der Waals surface area contributed by atoms with E-state index in [1.54, 1.807) is 6.92 Å². The molecule has 0 aromatic heterocycles. The molecule has 0 spiro atoms. The molecule has 3 rings (SSSR count). The minimum absolute atomic E-state index is 0.205. The molecule has 1 aliphatic heterocycles. The number of hydrogen-bond acceptors (Lipinski definition) is 3. The van der Waals surface area contributed by atoms with Crippen molar-refractivity contribution >= 4 is 33.6 Å². The van der Waals surface area contributed by atoms with E-state index in [0.717, 1.165) is 15.7 Å². The highest BCUT2D eigenvalue weighted by atomic mass is 79.9. The molecule has 5 nitrogen and oxygen atoms in total. The van der Waals surface area contributed by atoms with Crippen LogP contribution in [0, 0.1) is 6.92 Å². The van der Waals surface area contributed by atoms with Gasteiger partial charge in [-0.25, -0.2) is 4.79 Å². The summed E-state index contributed by atoms with van der Waals surface area (Å²) >= 11 is 3.38. The molecule has 2 aromatic rings. The van der Waals surface area contributed by atoms with Gasteiger partial charge in [0.25, 0.3) is 5.91 Å². The summed E-state index contributed by atoms with van der Waals surface area (Å²) in [7, 11) is 0. The van der Waals surface area contributed by atoms with Crippen LogP contribution >= 0.6 is 15.9 Å². The lowest BCUT2D eigenvalue weighted by Crippen LogP contribution is -2.36. The van der Waals surface area contributed by atoms with Crippen LogP contribution in [0.15, 0.2) is 53.0 Å². The summed E-state index contributed by atoms with van der Waals surface area (Å²) in [6.45, 7) is 4.20. The Balaban J connectivity index is 1.67. The average molecular weight is 403 g/mol. The molecule has 0 bridgehead atoms. The van der Waals surface area contributed by atoms with Crippen molar-refractivity contribution in [2.75, 3.05) is 18.1 Å². The first-order valence-corrected chi connectivity index (χ1v) is 8.86. The molecule has 1 saturated heterocycles. The molecule has 1 aliphatic rings. The number of urea groups is 1. The first-order valence-electron chi connectivity index (χ1n) is 8.07. The third kappa shape index (κ3) is 3.69. The van der Waals surface area contributed by atoms with E-state index in [-0.39, 0.29) is 25.1 Å². The Morgan fingerprint density at radius 2 is 1.84 bits per heavy atom. The van der Waals surface area contributed by atoms with Gasteiger partial charge in [0.1, 0.15) is 18.4 Å². The molecule has 1 heterocycles. The second-order valence-electron chi connectivity index (χ2n) is 5.96. The van der Waals surface area contributed by atoms with Gasteiger partial charge < -0.3 is 4.74 Å². The zero-order valence-electron chi connectivity index (χ0n) is 14.1. The number of carbonyl (C=O) groups is 2. The van der Waals surface area contributed by atoms with Gasteiger partial charge in [0.15, 0.2) is 0 Å². The van der Waals surface area contributed by atoms with E-state index in [1.807, 2.05) is 55.5 Å². The molecule has 0 N–H and O–H groups in total. The third-order valence-electron chi connectivity index (χ3n) is 4.14. The maximum atomic E-state index is 12.7. The maximum absolute atomic E-state index is 12.7. The Bertz CT molecular complexity index is 792. The predicted octanol–water partition coefficient (Wildman–Crippen LogP) is 3.99. The smallest absolute Gasteiger partial charge is 0.332 e. The van der Waals surface area contributed by atoms with Crippen molar-refractivity contribution in [3.63, 3.8) is 0 Å². The van der Waals surface area contributed by atoms with E-state index in [2.05, 4.69) is 15.9 Å². The second-order valence-corrected chi connectivity index (χ2v) is 6.88. The van der Waals surface area contributed by atoms with Crippen LogP contribution in [0.3, 0.4) is 0 Å². The van der Waals surface area contributed by atoms with Crippen molar-refractivity contribution in [1.82, 2.24) is 4.90 Å². The van der Waals surface area contributed by atoms with Crippen LogP contribution in [0.25, 0.3) is 0 Å². The van der Waals surface area contributed by atoms with E-state index in [9.17, 15) is 9.59 Å². The molecule has 1 fully saturated rings. The predicted molar refractivity (Wildman–Crippen MR) is 99.9 cm³/mol. The van der Waals surface area contributed by atoms with E-state index in [1.165, 1.54) is 9.80 Å². The Hall–Kier alpha value is -2.34. The van der Waals surface area contributed by atoms with Crippen LogP contribution in [0.4, 0.5) is 10.5 Å². The number of rotatable bonds is 5. The van der Waals surface area contributed by atoms with E-state index in [0.29, 0.717) is 5.75 Å². The number of carbonyl (C=O) groups excluding carboxylic acids is 2. The lowest BCUT2D eigenvalue weighted by Gasteiger charge is -2.19. The van der Waals surface area contributed by atoms with Crippen LogP contribution in [0.1, 0.15) is 12.5 Å². The zero-order valence-corrected chi connectivity index (χ0v) is 15.7. The van der Waals surface area contributed by atoms with E-state index >= 15 is 0 Å². The van der Waals surface area contributed by atoms with Crippen LogP contribution in [-0.4, -0.2) is 36.0 Å². The summed E-state index contributed by atoms with van der Waals surface area (Å²) in [5, 5.41) is 0. The topological polar surface area (TPSA) is 49.9 Å². The third-order valence-corrected chi connectivity index (χ3v) is 4.63. The Morgan fingerprint density at radius 3 is 2.52 bits per heavy atom. The molecular formula is C19H19BrN2O3. The first-order chi connectivity index (χ1) is 12.0. The first kappa shape index (κ1) is 17.5. The van der Waals surface area contributed by atoms with Gasteiger partial charge in [-0.2, -0.15) is 0 Å². The molecule has 0 unspecified atom stereocenters. The molecular weight excluding hydrogens is 384 g/mol. The van der Waals surface area contributed by atoms with E-state index in [4.69, 9.17) is 4.74 Å². The zero-order chi connectivity index (χ0) is 18.0. The Kier molecular flexibility index (Phi) is 5.08. The number of anilines is 1. The van der Waals surface area contributed by atoms with Gasteiger partial charge >= 0.3 is 6.03 Å². The fourth-order valence-electron chi connectivity index (χ4n) is 2.78. The lowest BCUT2D eigenvalue weighted by atomic mass is 10.2. The number of halogens is 1. The van der Waals surface area contributed by atoms with Gasteiger partial charge in [-0.1, -0.05) is 39.7 Å². The fourth-order valence-corrected chi connectivity index (χ4v) is 3.16. The second kappa shape index (κ2) is 7.27. The van der Waals surface area contributed by atoms with Crippen molar-refractivity contribution in [3.05, 3.63) is 58.6 Å². The molecule has 1 atom stereocenters. The summed E-state index contributed by atoms with van der Waals surface area (Å²) in [5.41, 5.74) is 1.83. The number of benzene rings is 2. The summed E-state index contributed by atoms with van der Waals surface area (Å²) in [6, 6.07) is 14.2. The standard InChI is InChI=1S/C19H19BrN2O3/c1-13-6-8-16(9-7-13)22-14(2)18(23)21(19(22)24)10-11-25-17-5-3-4-15(20)12-17/h3-9,12,14H,10-11H2,1-2H3/t14-/m0/s1. The van der Waals surface area contributed by atoms with Crippen LogP contribution in [0.5, 0.6) is 5.75 Å².